The average Bonchev–Trinajstić information content (AvgIpc) is 2.88. The number of benzene rings is 1. The molecule has 5 nitrogen and oxygen atoms in total. The molecule has 1 heterocycles. The molecular weight excluding hydrogens is 256 g/mol. The molecule has 20 heavy (non-hydrogen) atoms. The normalized spacial score (nSPS) is 10.3. The molecule has 0 N–H and O–H groups in total. The van der Waals surface area contributed by atoms with Gasteiger partial charge in [0.15, 0.2) is 6.29 Å². The van der Waals surface area contributed by atoms with Gasteiger partial charge in [0.1, 0.15) is 18.1 Å². The molecular formula is C15H18N2O3. The van der Waals surface area contributed by atoms with Crippen LogP contribution in [0.3, 0.4) is 0 Å². The molecule has 0 unspecified atom stereocenters. The predicted molar refractivity (Wildman–Crippen MR) is 75.2 cm³/mol. The summed E-state index contributed by atoms with van der Waals surface area (Å²) in [5, 5.41) is 4.07. The smallest absolute Gasteiger partial charge is 0.153 e. The molecule has 2 rings (SSSR count). The monoisotopic (exact) mass is 274 g/mol. The SMILES string of the molecule is CCCOc1ccc(C=O)c(OCc2cnn(C)c2)c1. The number of carbonyl (C=O) groups excluding carboxylic acids is 1. The summed E-state index contributed by atoms with van der Waals surface area (Å²) >= 11 is 0. The van der Waals surface area contributed by atoms with Crippen LogP contribution in [0, 0.1) is 0 Å². The summed E-state index contributed by atoms with van der Waals surface area (Å²) in [6.45, 7) is 3.05. The number of aromatic nitrogens is 2. The van der Waals surface area contributed by atoms with E-state index in [4.69, 9.17) is 9.47 Å². The van der Waals surface area contributed by atoms with E-state index in [1.165, 1.54) is 0 Å². The zero-order valence-corrected chi connectivity index (χ0v) is 11.7. The van der Waals surface area contributed by atoms with Crippen molar-refractivity contribution in [2.24, 2.45) is 7.05 Å². The Morgan fingerprint density at radius 2 is 2.20 bits per heavy atom. The fraction of sp³-hybridized carbons (Fsp3) is 0.333. The largest absolute Gasteiger partial charge is 0.493 e. The Balaban J connectivity index is 2.09. The lowest BCUT2D eigenvalue weighted by Crippen LogP contribution is -2.00. The van der Waals surface area contributed by atoms with E-state index in [1.807, 2.05) is 20.2 Å². The van der Waals surface area contributed by atoms with E-state index in [-0.39, 0.29) is 0 Å². The molecule has 1 aromatic heterocycles. The number of rotatable bonds is 7. The predicted octanol–water partition coefficient (Wildman–Crippen LogP) is 2.60. The molecule has 0 saturated heterocycles. The van der Waals surface area contributed by atoms with Crippen LogP contribution in [0.5, 0.6) is 11.5 Å². The highest BCUT2D eigenvalue weighted by molar-refractivity contribution is 5.79. The molecule has 0 aliphatic carbocycles. The van der Waals surface area contributed by atoms with Crippen molar-refractivity contribution in [1.29, 1.82) is 0 Å². The number of aldehydes is 1. The minimum absolute atomic E-state index is 0.367. The van der Waals surface area contributed by atoms with Crippen molar-refractivity contribution in [3.8, 4) is 11.5 Å². The molecule has 5 heteroatoms. The van der Waals surface area contributed by atoms with Crippen LogP contribution >= 0.6 is 0 Å². The molecule has 2 aromatic rings. The van der Waals surface area contributed by atoms with Gasteiger partial charge < -0.3 is 9.47 Å². The maximum absolute atomic E-state index is 11.0. The van der Waals surface area contributed by atoms with Crippen molar-refractivity contribution in [2.75, 3.05) is 6.61 Å². The lowest BCUT2D eigenvalue weighted by atomic mass is 10.2. The van der Waals surface area contributed by atoms with Crippen molar-refractivity contribution in [2.45, 2.75) is 20.0 Å². The molecule has 0 saturated carbocycles. The van der Waals surface area contributed by atoms with E-state index in [0.717, 1.165) is 18.3 Å². The van der Waals surface area contributed by atoms with E-state index >= 15 is 0 Å². The lowest BCUT2D eigenvalue weighted by molar-refractivity contribution is 0.111. The highest BCUT2D eigenvalue weighted by Crippen LogP contribution is 2.24. The lowest BCUT2D eigenvalue weighted by Gasteiger charge is -2.10. The Morgan fingerprint density at radius 3 is 2.85 bits per heavy atom. The Hall–Kier alpha value is -2.30. The first-order chi connectivity index (χ1) is 9.72. The Morgan fingerprint density at radius 1 is 1.35 bits per heavy atom. The molecule has 0 aliphatic heterocycles. The molecule has 0 bridgehead atoms. The molecule has 0 fully saturated rings. The van der Waals surface area contributed by atoms with Crippen LogP contribution in [0.25, 0.3) is 0 Å². The summed E-state index contributed by atoms with van der Waals surface area (Å²) in [6, 6.07) is 5.22. The van der Waals surface area contributed by atoms with Crippen molar-refractivity contribution in [1.82, 2.24) is 9.78 Å². The van der Waals surface area contributed by atoms with E-state index in [9.17, 15) is 4.79 Å². The molecule has 0 radical (unpaired) electrons. The summed E-state index contributed by atoms with van der Waals surface area (Å²) in [7, 11) is 1.85. The van der Waals surface area contributed by atoms with E-state index in [2.05, 4.69) is 5.10 Å². The zero-order chi connectivity index (χ0) is 14.4. The van der Waals surface area contributed by atoms with Gasteiger partial charge in [-0.2, -0.15) is 5.10 Å². The molecule has 0 spiro atoms. The van der Waals surface area contributed by atoms with Crippen LogP contribution in [0.1, 0.15) is 29.3 Å². The van der Waals surface area contributed by atoms with Gasteiger partial charge in [0, 0.05) is 24.9 Å². The van der Waals surface area contributed by atoms with Crippen molar-refractivity contribution < 1.29 is 14.3 Å². The van der Waals surface area contributed by atoms with Gasteiger partial charge in [-0.15, -0.1) is 0 Å². The first kappa shape index (κ1) is 14.1. The van der Waals surface area contributed by atoms with Gasteiger partial charge in [-0.1, -0.05) is 6.92 Å². The summed E-state index contributed by atoms with van der Waals surface area (Å²) in [5.41, 5.74) is 1.46. The minimum Gasteiger partial charge on any atom is -0.493 e. The second-order valence-corrected chi connectivity index (χ2v) is 4.48. The van der Waals surface area contributed by atoms with Gasteiger partial charge in [0.25, 0.3) is 0 Å². The van der Waals surface area contributed by atoms with E-state index in [1.54, 1.807) is 29.1 Å². The van der Waals surface area contributed by atoms with Crippen molar-refractivity contribution >= 4 is 6.29 Å². The molecule has 0 aliphatic rings. The van der Waals surface area contributed by atoms with E-state index < -0.39 is 0 Å². The third-order valence-electron chi connectivity index (χ3n) is 2.74. The van der Waals surface area contributed by atoms with Gasteiger partial charge in [-0.25, -0.2) is 0 Å². The van der Waals surface area contributed by atoms with Gasteiger partial charge >= 0.3 is 0 Å². The van der Waals surface area contributed by atoms with Crippen LogP contribution in [-0.4, -0.2) is 22.7 Å². The van der Waals surface area contributed by atoms with Crippen molar-refractivity contribution in [3.05, 3.63) is 41.7 Å². The highest BCUT2D eigenvalue weighted by atomic mass is 16.5. The standard InChI is InChI=1S/C15H18N2O3/c1-3-6-19-14-5-4-13(10-18)15(7-14)20-11-12-8-16-17(2)9-12/h4-5,7-10H,3,6,11H2,1-2H3. The summed E-state index contributed by atoms with van der Waals surface area (Å²) in [4.78, 5) is 11.0. The van der Waals surface area contributed by atoms with Gasteiger partial charge in [-0.3, -0.25) is 9.48 Å². The zero-order valence-electron chi connectivity index (χ0n) is 11.7. The van der Waals surface area contributed by atoms with Crippen LogP contribution in [0.4, 0.5) is 0 Å². The molecule has 1 aromatic carbocycles. The second kappa shape index (κ2) is 6.75. The van der Waals surface area contributed by atoms with Crippen LogP contribution in [0.15, 0.2) is 30.6 Å². The number of hydrogen-bond acceptors (Lipinski definition) is 4. The number of ether oxygens (including phenoxy) is 2. The Kier molecular flexibility index (Phi) is 4.76. The Bertz CT molecular complexity index is 578. The molecule has 0 amide bonds. The van der Waals surface area contributed by atoms with Gasteiger partial charge in [-0.05, 0) is 18.6 Å². The van der Waals surface area contributed by atoms with Crippen LogP contribution in [-0.2, 0) is 13.7 Å². The topological polar surface area (TPSA) is 53.4 Å². The molecule has 0 atom stereocenters. The van der Waals surface area contributed by atoms with Crippen molar-refractivity contribution in [3.63, 3.8) is 0 Å². The van der Waals surface area contributed by atoms with Gasteiger partial charge in [0.05, 0.1) is 18.4 Å². The fourth-order valence-electron chi connectivity index (χ4n) is 1.75. The summed E-state index contributed by atoms with van der Waals surface area (Å²) < 4.78 is 12.9. The van der Waals surface area contributed by atoms with E-state index in [0.29, 0.717) is 30.3 Å². The van der Waals surface area contributed by atoms with Crippen LogP contribution in [0.2, 0.25) is 0 Å². The number of nitrogens with zero attached hydrogens (tertiary/aromatic N) is 2. The maximum Gasteiger partial charge on any atom is 0.153 e. The Labute approximate surface area is 118 Å². The number of hydrogen-bond donors (Lipinski definition) is 0. The summed E-state index contributed by atoms with van der Waals surface area (Å²) in [5.74, 6) is 1.23. The number of aryl methyl sites for hydroxylation is 1. The first-order valence-electron chi connectivity index (χ1n) is 6.55. The first-order valence-corrected chi connectivity index (χ1v) is 6.55. The maximum atomic E-state index is 11.0. The quantitative estimate of drug-likeness (QED) is 0.728. The third-order valence-corrected chi connectivity index (χ3v) is 2.74. The highest BCUT2D eigenvalue weighted by Gasteiger charge is 2.06. The summed E-state index contributed by atoms with van der Waals surface area (Å²) in [6.07, 6.45) is 5.32. The average molecular weight is 274 g/mol. The third kappa shape index (κ3) is 3.60. The minimum atomic E-state index is 0.367. The second-order valence-electron chi connectivity index (χ2n) is 4.48. The van der Waals surface area contributed by atoms with Gasteiger partial charge in [0.2, 0.25) is 0 Å². The fourth-order valence-corrected chi connectivity index (χ4v) is 1.75. The molecule has 106 valence electrons. The number of carbonyl (C=O) groups is 1. The van der Waals surface area contributed by atoms with Crippen LogP contribution < -0.4 is 9.47 Å².